The molecule has 0 aromatic carbocycles. The predicted molar refractivity (Wildman–Crippen MR) is 92.1 cm³/mol. The van der Waals surface area contributed by atoms with E-state index in [0.29, 0.717) is 12.0 Å². The summed E-state index contributed by atoms with van der Waals surface area (Å²) in [6, 6.07) is 0.653. The van der Waals surface area contributed by atoms with Crippen LogP contribution >= 0.6 is 0 Å². The standard InChI is InChI=1S/C18H26N6O/c1-2-23-10-14(9-19-23)16-11-22(7-8-25-16)12-17-20-21-18(13-3-4-13)24(17)15-5-6-15/h9-10,13,15-16H,2-8,11-12H2,1H3/t16-/m0/s1. The van der Waals surface area contributed by atoms with Crippen molar-refractivity contribution in [1.82, 2.24) is 29.4 Å². The zero-order valence-electron chi connectivity index (χ0n) is 14.8. The van der Waals surface area contributed by atoms with Crippen LogP contribution in [-0.4, -0.2) is 49.1 Å². The zero-order valence-corrected chi connectivity index (χ0v) is 14.8. The maximum Gasteiger partial charge on any atom is 0.147 e. The zero-order chi connectivity index (χ0) is 16.8. The van der Waals surface area contributed by atoms with Crippen LogP contribution in [0.25, 0.3) is 0 Å². The van der Waals surface area contributed by atoms with Crippen molar-refractivity contribution in [2.75, 3.05) is 19.7 Å². The normalized spacial score (nSPS) is 24.8. The molecule has 0 N–H and O–H groups in total. The van der Waals surface area contributed by atoms with Crippen LogP contribution < -0.4 is 0 Å². The number of rotatable bonds is 6. The summed E-state index contributed by atoms with van der Waals surface area (Å²) in [6.45, 7) is 6.48. The summed E-state index contributed by atoms with van der Waals surface area (Å²) >= 11 is 0. The lowest BCUT2D eigenvalue weighted by atomic mass is 10.1. The van der Waals surface area contributed by atoms with E-state index in [1.807, 2.05) is 10.9 Å². The van der Waals surface area contributed by atoms with E-state index in [4.69, 9.17) is 4.74 Å². The van der Waals surface area contributed by atoms with Crippen molar-refractivity contribution in [2.45, 2.75) is 63.8 Å². The fraction of sp³-hybridized carbons (Fsp3) is 0.722. The Kier molecular flexibility index (Phi) is 3.86. The van der Waals surface area contributed by atoms with Crippen LogP contribution in [0.15, 0.2) is 12.4 Å². The van der Waals surface area contributed by atoms with Gasteiger partial charge in [-0.3, -0.25) is 9.58 Å². The third-order valence-corrected chi connectivity index (χ3v) is 5.51. The van der Waals surface area contributed by atoms with E-state index in [-0.39, 0.29) is 6.10 Å². The fourth-order valence-corrected chi connectivity index (χ4v) is 3.76. The number of hydrogen-bond acceptors (Lipinski definition) is 5. The quantitative estimate of drug-likeness (QED) is 0.806. The highest BCUT2D eigenvalue weighted by molar-refractivity contribution is 5.13. The van der Waals surface area contributed by atoms with E-state index in [1.165, 1.54) is 37.1 Å². The number of nitrogens with zero attached hydrogens (tertiary/aromatic N) is 6. The van der Waals surface area contributed by atoms with E-state index in [2.05, 4.69) is 37.9 Å². The van der Waals surface area contributed by atoms with Crippen LogP contribution in [0.5, 0.6) is 0 Å². The van der Waals surface area contributed by atoms with E-state index in [1.54, 1.807) is 0 Å². The highest BCUT2D eigenvalue weighted by Crippen LogP contribution is 2.44. The van der Waals surface area contributed by atoms with Crippen molar-refractivity contribution >= 4 is 0 Å². The minimum absolute atomic E-state index is 0.106. The first kappa shape index (κ1) is 15.5. The maximum absolute atomic E-state index is 6.00. The third kappa shape index (κ3) is 3.11. The number of morpholine rings is 1. The summed E-state index contributed by atoms with van der Waals surface area (Å²) in [4.78, 5) is 2.46. The highest BCUT2D eigenvalue weighted by atomic mass is 16.5. The van der Waals surface area contributed by atoms with Gasteiger partial charge in [0, 0.05) is 43.4 Å². The molecule has 2 aromatic heterocycles. The van der Waals surface area contributed by atoms with Crippen molar-refractivity contribution < 1.29 is 4.74 Å². The molecule has 0 spiro atoms. The fourth-order valence-electron chi connectivity index (χ4n) is 3.76. The van der Waals surface area contributed by atoms with E-state index >= 15 is 0 Å². The molecule has 0 bridgehead atoms. The van der Waals surface area contributed by atoms with Gasteiger partial charge in [0.2, 0.25) is 0 Å². The molecule has 7 nitrogen and oxygen atoms in total. The summed E-state index contributed by atoms with van der Waals surface area (Å²) < 4.78 is 10.4. The second kappa shape index (κ2) is 6.21. The van der Waals surface area contributed by atoms with E-state index in [0.717, 1.165) is 38.6 Å². The molecule has 5 rings (SSSR count). The van der Waals surface area contributed by atoms with E-state index < -0.39 is 0 Å². The molecule has 3 heterocycles. The van der Waals surface area contributed by atoms with Crippen LogP contribution in [0.4, 0.5) is 0 Å². The van der Waals surface area contributed by atoms with Gasteiger partial charge in [0.25, 0.3) is 0 Å². The topological polar surface area (TPSA) is 61.0 Å². The Labute approximate surface area is 148 Å². The van der Waals surface area contributed by atoms with Gasteiger partial charge in [-0.1, -0.05) is 0 Å². The van der Waals surface area contributed by atoms with Crippen LogP contribution in [0.2, 0.25) is 0 Å². The van der Waals surface area contributed by atoms with Gasteiger partial charge in [-0.05, 0) is 32.6 Å². The first-order chi connectivity index (χ1) is 12.3. The molecule has 0 radical (unpaired) electrons. The molecule has 2 aromatic rings. The van der Waals surface area contributed by atoms with Gasteiger partial charge in [-0.2, -0.15) is 5.10 Å². The molecular weight excluding hydrogens is 316 g/mol. The molecule has 7 heteroatoms. The second-order valence-electron chi connectivity index (χ2n) is 7.57. The number of ether oxygens (including phenoxy) is 1. The Hall–Kier alpha value is -1.73. The first-order valence-electron chi connectivity index (χ1n) is 9.61. The molecular formula is C18H26N6O. The number of aryl methyl sites for hydroxylation is 1. The SMILES string of the molecule is CCn1cc([C@@H]2CN(Cc3nnc(C4CC4)n3C3CC3)CCO2)cn1. The Morgan fingerprint density at radius 3 is 2.80 bits per heavy atom. The molecule has 1 aliphatic heterocycles. The molecule has 1 atom stereocenters. The summed E-state index contributed by atoms with van der Waals surface area (Å²) in [6.07, 6.45) is 9.29. The highest BCUT2D eigenvalue weighted by Gasteiger charge is 2.36. The van der Waals surface area contributed by atoms with Gasteiger partial charge in [-0.15, -0.1) is 10.2 Å². The molecule has 134 valence electrons. The average molecular weight is 342 g/mol. The Morgan fingerprint density at radius 2 is 2.08 bits per heavy atom. The van der Waals surface area contributed by atoms with Crippen molar-refractivity contribution in [3.05, 3.63) is 29.6 Å². The lowest BCUT2D eigenvalue weighted by Gasteiger charge is -2.32. The summed E-state index contributed by atoms with van der Waals surface area (Å²) in [5.41, 5.74) is 1.17. The van der Waals surface area contributed by atoms with Crippen LogP contribution in [0, 0.1) is 0 Å². The van der Waals surface area contributed by atoms with Crippen molar-refractivity contribution in [3.8, 4) is 0 Å². The lowest BCUT2D eigenvalue weighted by Crippen LogP contribution is -2.38. The third-order valence-electron chi connectivity index (χ3n) is 5.51. The van der Waals surface area contributed by atoms with Gasteiger partial charge in [0.1, 0.15) is 11.6 Å². The van der Waals surface area contributed by atoms with Crippen molar-refractivity contribution in [2.24, 2.45) is 0 Å². The lowest BCUT2D eigenvalue weighted by molar-refractivity contribution is -0.0340. The van der Waals surface area contributed by atoms with Gasteiger partial charge in [-0.25, -0.2) is 0 Å². The van der Waals surface area contributed by atoms with Gasteiger partial charge >= 0.3 is 0 Å². The molecule has 2 aliphatic carbocycles. The number of hydrogen-bond donors (Lipinski definition) is 0. The smallest absolute Gasteiger partial charge is 0.147 e. The van der Waals surface area contributed by atoms with Crippen LogP contribution in [0.3, 0.4) is 0 Å². The van der Waals surface area contributed by atoms with Crippen LogP contribution in [-0.2, 0) is 17.8 Å². The average Bonchev–Trinajstić information content (AvgIpc) is 3.57. The first-order valence-corrected chi connectivity index (χ1v) is 9.61. The summed E-state index contributed by atoms with van der Waals surface area (Å²) in [5.74, 6) is 3.06. The summed E-state index contributed by atoms with van der Waals surface area (Å²) in [7, 11) is 0. The Balaban J connectivity index is 1.31. The van der Waals surface area contributed by atoms with Gasteiger partial charge in [0.15, 0.2) is 0 Å². The Bertz CT molecular complexity index is 745. The number of aromatic nitrogens is 5. The molecule has 3 fully saturated rings. The minimum Gasteiger partial charge on any atom is -0.371 e. The van der Waals surface area contributed by atoms with Crippen LogP contribution in [0.1, 0.15) is 67.9 Å². The molecule has 0 unspecified atom stereocenters. The molecule has 25 heavy (non-hydrogen) atoms. The Morgan fingerprint density at radius 1 is 1.20 bits per heavy atom. The predicted octanol–water partition coefficient (Wildman–Crippen LogP) is 2.28. The maximum atomic E-state index is 6.00. The molecule has 3 aliphatic rings. The summed E-state index contributed by atoms with van der Waals surface area (Å²) in [5, 5.41) is 13.5. The molecule has 1 saturated heterocycles. The molecule has 0 amide bonds. The van der Waals surface area contributed by atoms with Crippen molar-refractivity contribution in [3.63, 3.8) is 0 Å². The van der Waals surface area contributed by atoms with E-state index in [9.17, 15) is 0 Å². The molecule has 2 saturated carbocycles. The van der Waals surface area contributed by atoms with Gasteiger partial charge in [0.05, 0.1) is 25.5 Å². The van der Waals surface area contributed by atoms with Gasteiger partial charge < -0.3 is 9.30 Å². The second-order valence-corrected chi connectivity index (χ2v) is 7.57. The minimum atomic E-state index is 0.106. The van der Waals surface area contributed by atoms with Crippen molar-refractivity contribution in [1.29, 1.82) is 0 Å². The monoisotopic (exact) mass is 342 g/mol. The largest absolute Gasteiger partial charge is 0.371 e.